The lowest BCUT2D eigenvalue weighted by molar-refractivity contribution is -0.132. The van der Waals surface area contributed by atoms with Gasteiger partial charge in [-0.05, 0) is 19.8 Å². The molecule has 0 radical (unpaired) electrons. The maximum absolute atomic E-state index is 12.5. The van der Waals surface area contributed by atoms with Crippen LogP contribution in [-0.4, -0.2) is 78.0 Å². The first-order chi connectivity index (χ1) is 15.3. The number of nitrogens with zero attached hydrogens (tertiary/aromatic N) is 6. The zero-order chi connectivity index (χ0) is 23.4. The van der Waals surface area contributed by atoms with Gasteiger partial charge in [0, 0.05) is 36.8 Å². The van der Waals surface area contributed by atoms with Crippen molar-refractivity contribution in [3.05, 3.63) is 29.8 Å². The molecule has 0 saturated carbocycles. The number of nitrogen functional groups attached to an aromatic ring is 1. The Hall–Kier alpha value is -3.31. The van der Waals surface area contributed by atoms with Gasteiger partial charge in [-0.25, -0.2) is 4.98 Å². The van der Waals surface area contributed by atoms with Crippen LogP contribution in [0.5, 0.6) is 0 Å². The molecule has 11 nitrogen and oxygen atoms in total. The summed E-state index contributed by atoms with van der Waals surface area (Å²) >= 11 is 0. The number of amides is 1. The van der Waals surface area contributed by atoms with Gasteiger partial charge in [0.25, 0.3) is 0 Å². The number of Topliss-reactive ketones (excluding diaryl/α,β-unsaturated/α-hetero) is 1. The summed E-state index contributed by atoms with van der Waals surface area (Å²) in [5.74, 6) is -0.495. The monoisotopic (exact) mass is 443 g/mol. The maximum atomic E-state index is 12.5. The summed E-state index contributed by atoms with van der Waals surface area (Å²) in [6.45, 7) is 3.63. The fourth-order valence-corrected chi connectivity index (χ4v) is 3.75. The molecular formula is C21H29N7O4. The van der Waals surface area contributed by atoms with Crippen LogP contribution in [-0.2, 0) is 11.3 Å². The van der Waals surface area contributed by atoms with Crippen molar-refractivity contribution in [1.29, 1.82) is 0 Å². The van der Waals surface area contributed by atoms with Crippen LogP contribution in [0.3, 0.4) is 0 Å². The first-order valence-electron chi connectivity index (χ1n) is 10.5. The van der Waals surface area contributed by atoms with Gasteiger partial charge < -0.3 is 20.8 Å². The molecule has 0 aliphatic heterocycles. The minimum Gasteiger partial charge on any atom is -0.394 e. The maximum Gasteiger partial charge on any atom is 0.248 e. The average molecular weight is 444 g/mol. The number of hydrogen-bond donors (Lipinski definition) is 3. The Morgan fingerprint density at radius 3 is 2.62 bits per heavy atom. The molecule has 4 N–H and O–H groups in total. The standard InChI is InChI=1S/C21H29N7O4/c1-4-14(5-6-26(3)17(32)12-30)19-18(13(2)31)20(22)28-21(25-19)16(10-24-28)15-9-23-27(11-15)7-8-29/h9-11,14,29-30H,4-8,12,22H2,1-3H3/t14-/m0/s1. The van der Waals surface area contributed by atoms with Crippen LogP contribution in [0.15, 0.2) is 18.6 Å². The number of aromatic nitrogens is 5. The number of fused-ring (bicyclic) bond motifs is 1. The number of likely N-dealkylation sites (N-methyl/N-ethyl adjacent to an activating group) is 1. The number of nitrogens with two attached hydrogens (primary N) is 1. The van der Waals surface area contributed by atoms with E-state index in [0.717, 1.165) is 5.56 Å². The number of anilines is 1. The van der Waals surface area contributed by atoms with E-state index in [9.17, 15) is 9.59 Å². The fourth-order valence-electron chi connectivity index (χ4n) is 3.75. The number of hydrogen-bond acceptors (Lipinski definition) is 8. The van der Waals surface area contributed by atoms with Gasteiger partial charge in [-0.2, -0.15) is 14.7 Å². The molecule has 3 aromatic heterocycles. The van der Waals surface area contributed by atoms with Crippen LogP contribution in [0.1, 0.15) is 48.7 Å². The summed E-state index contributed by atoms with van der Waals surface area (Å²) < 4.78 is 3.07. The Labute approximate surface area is 185 Å². The molecule has 0 aliphatic rings. The second-order valence-corrected chi connectivity index (χ2v) is 7.69. The predicted octanol–water partition coefficient (Wildman–Crippen LogP) is 0.704. The van der Waals surface area contributed by atoms with E-state index in [1.165, 1.54) is 16.3 Å². The lowest BCUT2D eigenvalue weighted by Crippen LogP contribution is -2.31. The summed E-state index contributed by atoms with van der Waals surface area (Å²) in [6, 6.07) is 0. The minimum atomic E-state index is -0.549. The molecule has 0 saturated heterocycles. The molecule has 11 heteroatoms. The van der Waals surface area contributed by atoms with Crippen molar-refractivity contribution < 1.29 is 19.8 Å². The molecule has 1 amide bonds. The van der Waals surface area contributed by atoms with Crippen molar-refractivity contribution in [2.45, 2.75) is 39.2 Å². The van der Waals surface area contributed by atoms with Gasteiger partial charge in [-0.3, -0.25) is 14.3 Å². The highest BCUT2D eigenvalue weighted by Gasteiger charge is 2.25. The molecule has 0 aromatic carbocycles. The van der Waals surface area contributed by atoms with Gasteiger partial charge in [0.05, 0.1) is 36.8 Å². The van der Waals surface area contributed by atoms with Crippen LogP contribution < -0.4 is 5.73 Å². The second-order valence-electron chi connectivity index (χ2n) is 7.69. The number of aliphatic hydroxyl groups excluding tert-OH is 2. The first-order valence-corrected chi connectivity index (χ1v) is 10.5. The largest absolute Gasteiger partial charge is 0.394 e. The Morgan fingerprint density at radius 1 is 1.25 bits per heavy atom. The molecule has 3 rings (SSSR count). The molecule has 32 heavy (non-hydrogen) atoms. The third-order valence-electron chi connectivity index (χ3n) is 5.59. The van der Waals surface area contributed by atoms with Gasteiger partial charge in [0.1, 0.15) is 12.4 Å². The Kier molecular flexibility index (Phi) is 7.21. The number of rotatable bonds is 10. The lowest BCUT2D eigenvalue weighted by atomic mass is 9.92. The molecule has 1 atom stereocenters. The highest BCUT2D eigenvalue weighted by atomic mass is 16.3. The molecule has 3 heterocycles. The Morgan fingerprint density at radius 2 is 2.00 bits per heavy atom. The summed E-state index contributed by atoms with van der Waals surface area (Å²) in [5, 5.41) is 26.8. The van der Waals surface area contributed by atoms with Crippen molar-refractivity contribution in [1.82, 2.24) is 29.3 Å². The zero-order valence-electron chi connectivity index (χ0n) is 18.5. The zero-order valence-corrected chi connectivity index (χ0v) is 18.5. The second kappa shape index (κ2) is 9.88. The highest BCUT2D eigenvalue weighted by molar-refractivity contribution is 6.00. The van der Waals surface area contributed by atoms with E-state index in [2.05, 4.69) is 10.2 Å². The summed E-state index contributed by atoms with van der Waals surface area (Å²) in [5.41, 5.74) is 9.24. The van der Waals surface area contributed by atoms with Gasteiger partial charge in [0.15, 0.2) is 11.4 Å². The van der Waals surface area contributed by atoms with Gasteiger partial charge >= 0.3 is 0 Å². The molecule has 0 unspecified atom stereocenters. The highest BCUT2D eigenvalue weighted by Crippen LogP contribution is 2.32. The van der Waals surface area contributed by atoms with Crippen molar-refractivity contribution in [2.24, 2.45) is 0 Å². The van der Waals surface area contributed by atoms with E-state index in [-0.39, 0.29) is 30.0 Å². The molecule has 3 aromatic rings. The van der Waals surface area contributed by atoms with Crippen LogP contribution in [0, 0.1) is 0 Å². The van der Waals surface area contributed by atoms with E-state index in [1.54, 1.807) is 30.3 Å². The molecule has 0 spiro atoms. The Balaban J connectivity index is 2.07. The predicted molar refractivity (Wildman–Crippen MR) is 118 cm³/mol. The van der Waals surface area contributed by atoms with Crippen molar-refractivity contribution >= 4 is 23.2 Å². The topological polar surface area (TPSA) is 152 Å². The first kappa shape index (κ1) is 23.4. The summed E-state index contributed by atoms with van der Waals surface area (Å²) in [7, 11) is 1.63. The minimum absolute atomic E-state index is 0.0292. The Bertz CT molecular complexity index is 1120. The SMILES string of the molecule is CC[C@@H](CCN(C)C(=O)CO)c1nc2c(-c3cnn(CCO)c3)cnn2c(N)c1C(C)=O. The van der Waals surface area contributed by atoms with E-state index in [0.29, 0.717) is 48.4 Å². The lowest BCUT2D eigenvalue weighted by Gasteiger charge is -2.22. The van der Waals surface area contributed by atoms with E-state index in [1.807, 2.05) is 6.92 Å². The van der Waals surface area contributed by atoms with Crippen LogP contribution in [0.2, 0.25) is 0 Å². The third kappa shape index (κ3) is 4.48. The van der Waals surface area contributed by atoms with Crippen molar-refractivity contribution in [2.75, 3.05) is 32.5 Å². The number of carbonyl (C=O) groups is 2. The molecule has 172 valence electrons. The van der Waals surface area contributed by atoms with Crippen LogP contribution >= 0.6 is 0 Å². The normalized spacial score (nSPS) is 12.3. The van der Waals surface area contributed by atoms with Crippen molar-refractivity contribution in [3.8, 4) is 11.1 Å². The summed E-state index contributed by atoms with van der Waals surface area (Å²) in [4.78, 5) is 30.5. The molecular weight excluding hydrogens is 414 g/mol. The number of ketones is 1. The molecule has 0 fully saturated rings. The molecule has 0 aliphatic carbocycles. The van der Waals surface area contributed by atoms with E-state index in [4.69, 9.17) is 20.9 Å². The average Bonchev–Trinajstić information content (AvgIpc) is 3.40. The van der Waals surface area contributed by atoms with Crippen molar-refractivity contribution in [3.63, 3.8) is 0 Å². The molecule has 0 bridgehead atoms. The third-order valence-corrected chi connectivity index (χ3v) is 5.59. The quantitative estimate of drug-likeness (QED) is 0.387. The smallest absolute Gasteiger partial charge is 0.248 e. The van der Waals surface area contributed by atoms with Gasteiger partial charge in [0.2, 0.25) is 5.91 Å². The van der Waals surface area contributed by atoms with E-state index >= 15 is 0 Å². The number of carbonyl (C=O) groups excluding carboxylic acids is 2. The van der Waals surface area contributed by atoms with Crippen LogP contribution in [0.25, 0.3) is 16.8 Å². The fraction of sp³-hybridized carbons (Fsp3) is 0.476. The number of aliphatic hydroxyl groups is 2. The summed E-state index contributed by atoms with van der Waals surface area (Å²) in [6.07, 6.45) is 6.31. The van der Waals surface area contributed by atoms with Crippen LogP contribution in [0.4, 0.5) is 5.82 Å². The van der Waals surface area contributed by atoms with E-state index < -0.39 is 6.61 Å². The van der Waals surface area contributed by atoms with Gasteiger partial charge in [-0.1, -0.05) is 6.92 Å². The van der Waals surface area contributed by atoms with Gasteiger partial charge in [-0.15, -0.1) is 0 Å².